The Morgan fingerprint density at radius 2 is 1.91 bits per heavy atom. The smallest absolute Gasteiger partial charge is 0.321 e. The van der Waals surface area contributed by atoms with Gasteiger partial charge in [0.05, 0.1) is 0 Å². The summed E-state index contributed by atoms with van der Waals surface area (Å²) < 4.78 is 0. The highest BCUT2D eigenvalue weighted by Crippen LogP contribution is 2.31. The van der Waals surface area contributed by atoms with Crippen molar-refractivity contribution in [2.75, 3.05) is 18.4 Å². The predicted molar refractivity (Wildman–Crippen MR) is 117 cm³/mol. The molecule has 8 heteroatoms. The number of hydrogen-bond acceptors (Lipinski definition) is 4. The van der Waals surface area contributed by atoms with E-state index < -0.39 is 11.9 Å². The van der Waals surface area contributed by atoms with Crippen molar-refractivity contribution in [1.82, 2.24) is 15.1 Å². The molecule has 0 bridgehead atoms. The first-order valence-electron chi connectivity index (χ1n) is 10.8. The van der Waals surface area contributed by atoms with Gasteiger partial charge in [-0.3, -0.25) is 19.7 Å². The molecule has 164 valence electrons. The number of nitrogens with zero attached hydrogens (tertiary/aromatic N) is 2. The molecule has 2 saturated heterocycles. The second kappa shape index (κ2) is 7.78. The van der Waals surface area contributed by atoms with Gasteiger partial charge in [-0.1, -0.05) is 29.8 Å². The van der Waals surface area contributed by atoms with Gasteiger partial charge in [0.1, 0.15) is 6.04 Å². The first kappa shape index (κ1) is 20.2. The predicted octanol–water partition coefficient (Wildman–Crippen LogP) is 2.39. The van der Waals surface area contributed by atoms with E-state index in [-0.39, 0.29) is 30.8 Å². The number of carbonyl (C=O) groups is 4. The van der Waals surface area contributed by atoms with E-state index in [4.69, 9.17) is 0 Å². The number of aryl methyl sites for hydroxylation is 1. The summed E-state index contributed by atoms with van der Waals surface area (Å²) in [6.45, 7) is 3.68. The van der Waals surface area contributed by atoms with E-state index in [1.807, 2.05) is 6.07 Å². The fraction of sp³-hybridized carbons (Fsp3) is 0.333. The Morgan fingerprint density at radius 1 is 1.09 bits per heavy atom. The van der Waals surface area contributed by atoms with Crippen molar-refractivity contribution in [2.45, 2.75) is 38.3 Å². The van der Waals surface area contributed by atoms with Gasteiger partial charge in [-0.15, -0.1) is 0 Å². The Labute approximate surface area is 185 Å². The van der Waals surface area contributed by atoms with Crippen LogP contribution in [0.5, 0.6) is 0 Å². The minimum atomic E-state index is -0.648. The lowest BCUT2D eigenvalue weighted by atomic mass is 9.91. The largest absolute Gasteiger partial charge is 0.323 e. The van der Waals surface area contributed by atoms with Gasteiger partial charge in [-0.2, -0.15) is 0 Å². The lowest BCUT2D eigenvalue weighted by Gasteiger charge is -2.39. The molecular formula is C24H24N4O4. The minimum Gasteiger partial charge on any atom is -0.323 e. The average Bonchev–Trinajstić information content (AvgIpc) is 3.03. The zero-order chi connectivity index (χ0) is 22.4. The summed E-state index contributed by atoms with van der Waals surface area (Å²) in [5.41, 5.74) is 4.36. The zero-order valence-corrected chi connectivity index (χ0v) is 17.8. The number of benzene rings is 2. The number of imide groups is 1. The van der Waals surface area contributed by atoms with E-state index in [1.54, 1.807) is 23.1 Å². The number of piperidine rings is 1. The molecule has 3 heterocycles. The van der Waals surface area contributed by atoms with Gasteiger partial charge in [-0.25, -0.2) is 4.79 Å². The topological polar surface area (TPSA) is 98.8 Å². The van der Waals surface area contributed by atoms with Gasteiger partial charge in [-0.05, 0) is 42.7 Å². The van der Waals surface area contributed by atoms with Crippen molar-refractivity contribution in [3.8, 4) is 0 Å². The molecule has 0 saturated carbocycles. The highest BCUT2D eigenvalue weighted by atomic mass is 16.2. The second-order valence-electron chi connectivity index (χ2n) is 8.72. The summed E-state index contributed by atoms with van der Waals surface area (Å²) in [7, 11) is 0. The van der Waals surface area contributed by atoms with Crippen LogP contribution in [0, 0.1) is 6.92 Å². The zero-order valence-electron chi connectivity index (χ0n) is 17.8. The minimum absolute atomic E-state index is 0.166. The van der Waals surface area contributed by atoms with Gasteiger partial charge in [0, 0.05) is 43.2 Å². The highest BCUT2D eigenvalue weighted by Gasteiger charge is 2.39. The summed E-state index contributed by atoms with van der Waals surface area (Å²) >= 11 is 0. The summed E-state index contributed by atoms with van der Waals surface area (Å²) in [5, 5.41) is 5.21. The number of nitrogens with one attached hydrogen (secondary N) is 2. The van der Waals surface area contributed by atoms with Crippen LogP contribution in [0.25, 0.3) is 0 Å². The van der Waals surface area contributed by atoms with Crippen molar-refractivity contribution >= 4 is 29.4 Å². The molecule has 0 spiro atoms. The summed E-state index contributed by atoms with van der Waals surface area (Å²) in [4.78, 5) is 52.3. The van der Waals surface area contributed by atoms with Gasteiger partial charge in [0.2, 0.25) is 11.8 Å². The van der Waals surface area contributed by atoms with Crippen LogP contribution in [0.4, 0.5) is 10.5 Å². The van der Waals surface area contributed by atoms with Crippen LogP contribution in [0.1, 0.15) is 45.8 Å². The van der Waals surface area contributed by atoms with Crippen molar-refractivity contribution in [3.63, 3.8) is 0 Å². The molecule has 5 amide bonds. The fourth-order valence-corrected chi connectivity index (χ4v) is 4.63. The van der Waals surface area contributed by atoms with Crippen molar-refractivity contribution in [1.29, 1.82) is 0 Å². The number of urea groups is 1. The van der Waals surface area contributed by atoms with E-state index in [2.05, 4.69) is 35.8 Å². The number of fused-ring (bicyclic) bond motifs is 1. The molecule has 2 aromatic rings. The molecule has 1 unspecified atom stereocenters. The van der Waals surface area contributed by atoms with E-state index in [0.717, 1.165) is 5.56 Å². The van der Waals surface area contributed by atoms with Crippen LogP contribution in [-0.2, 0) is 16.1 Å². The van der Waals surface area contributed by atoms with Gasteiger partial charge < -0.3 is 15.1 Å². The normalized spacial score (nSPS) is 20.7. The van der Waals surface area contributed by atoms with Crippen LogP contribution < -0.4 is 10.6 Å². The molecular weight excluding hydrogens is 408 g/mol. The number of rotatable bonds is 3. The maximum Gasteiger partial charge on any atom is 0.321 e. The molecule has 0 aromatic heterocycles. The number of hydrogen-bond donors (Lipinski definition) is 2. The maximum atomic E-state index is 12.8. The van der Waals surface area contributed by atoms with Crippen LogP contribution in [0.3, 0.4) is 0 Å². The number of amides is 5. The Balaban J connectivity index is 1.22. The third-order valence-corrected chi connectivity index (χ3v) is 6.46. The molecule has 1 atom stereocenters. The molecule has 3 aliphatic heterocycles. The van der Waals surface area contributed by atoms with Gasteiger partial charge >= 0.3 is 6.03 Å². The molecule has 2 fully saturated rings. The molecule has 2 aromatic carbocycles. The molecule has 5 rings (SSSR count). The van der Waals surface area contributed by atoms with Crippen molar-refractivity contribution < 1.29 is 19.2 Å². The monoisotopic (exact) mass is 432 g/mol. The standard InChI is InChI=1S/C24H24N4O4/c1-14-3-2-4-15(9-14)17-11-27(12-17)24(32)25-18-5-6-19-16(10-18)13-28(23(19)31)20-7-8-21(29)26-22(20)30/h2-6,9-10,17,20H,7-8,11-13H2,1H3,(H,25,32)(H,26,29,30). The summed E-state index contributed by atoms with van der Waals surface area (Å²) in [6.07, 6.45) is 0.544. The van der Waals surface area contributed by atoms with Crippen LogP contribution in [0.2, 0.25) is 0 Å². The molecule has 32 heavy (non-hydrogen) atoms. The second-order valence-corrected chi connectivity index (χ2v) is 8.72. The van der Waals surface area contributed by atoms with Crippen LogP contribution in [0.15, 0.2) is 42.5 Å². The lowest BCUT2D eigenvalue weighted by molar-refractivity contribution is -0.136. The Kier molecular flexibility index (Phi) is 4.92. The number of carbonyl (C=O) groups excluding carboxylic acids is 4. The first-order chi connectivity index (χ1) is 15.4. The SMILES string of the molecule is Cc1cccc(C2CN(C(=O)Nc3ccc4c(c3)CN(C3CCC(=O)NC3=O)C4=O)C2)c1. The van der Waals surface area contributed by atoms with Crippen LogP contribution in [-0.4, -0.2) is 52.7 Å². The number of anilines is 1. The molecule has 8 nitrogen and oxygen atoms in total. The summed E-state index contributed by atoms with van der Waals surface area (Å²) in [5.74, 6) is -0.621. The lowest BCUT2D eigenvalue weighted by Crippen LogP contribution is -2.52. The Hall–Kier alpha value is -3.68. The third kappa shape index (κ3) is 3.62. The first-order valence-corrected chi connectivity index (χ1v) is 10.8. The van der Waals surface area contributed by atoms with E-state index in [0.29, 0.717) is 36.7 Å². The number of likely N-dealkylation sites (tertiary alicyclic amines) is 1. The Bertz CT molecular complexity index is 1140. The van der Waals surface area contributed by atoms with E-state index >= 15 is 0 Å². The van der Waals surface area contributed by atoms with Crippen molar-refractivity contribution in [3.05, 3.63) is 64.7 Å². The van der Waals surface area contributed by atoms with Crippen LogP contribution >= 0.6 is 0 Å². The Morgan fingerprint density at radius 3 is 2.66 bits per heavy atom. The van der Waals surface area contributed by atoms with Gasteiger partial charge in [0.15, 0.2) is 0 Å². The quantitative estimate of drug-likeness (QED) is 0.728. The molecule has 0 aliphatic carbocycles. The molecule has 2 N–H and O–H groups in total. The average molecular weight is 432 g/mol. The van der Waals surface area contributed by atoms with Gasteiger partial charge in [0.25, 0.3) is 5.91 Å². The maximum absolute atomic E-state index is 12.8. The molecule has 0 radical (unpaired) electrons. The van der Waals surface area contributed by atoms with E-state index in [1.165, 1.54) is 16.0 Å². The third-order valence-electron chi connectivity index (χ3n) is 6.46. The van der Waals surface area contributed by atoms with Crippen molar-refractivity contribution in [2.24, 2.45) is 0 Å². The molecule has 3 aliphatic rings. The van der Waals surface area contributed by atoms with E-state index in [9.17, 15) is 19.2 Å². The fourth-order valence-electron chi connectivity index (χ4n) is 4.63. The summed E-state index contributed by atoms with van der Waals surface area (Å²) in [6, 6.07) is 12.7. The highest BCUT2D eigenvalue weighted by molar-refractivity contribution is 6.05.